The van der Waals surface area contributed by atoms with E-state index in [9.17, 15) is 9.67 Å². The predicted molar refractivity (Wildman–Crippen MR) is 77.9 cm³/mol. The van der Waals surface area contributed by atoms with Gasteiger partial charge in [-0.1, -0.05) is 11.6 Å². The van der Waals surface area contributed by atoms with Crippen LogP contribution in [0.5, 0.6) is 0 Å². The van der Waals surface area contributed by atoms with Crippen molar-refractivity contribution in [1.29, 1.82) is 0 Å². The summed E-state index contributed by atoms with van der Waals surface area (Å²) in [5, 5.41) is 9.37. The number of imidazole rings is 1. The molecule has 0 aliphatic rings. The Bertz CT molecular complexity index is 704. The average molecular weight is 352 g/mol. The zero-order chi connectivity index (χ0) is 16.3. The van der Waals surface area contributed by atoms with Gasteiger partial charge in [0, 0.05) is 19.1 Å². The number of hydrogen-bond acceptors (Lipinski definition) is 7. The fourth-order valence-corrected chi connectivity index (χ4v) is 2.47. The second-order valence-electron chi connectivity index (χ2n) is 4.61. The number of rotatable bonds is 7. The number of fused-ring (bicyclic) bond motifs is 1. The Morgan fingerprint density at radius 1 is 1.45 bits per heavy atom. The third kappa shape index (κ3) is 4.35. The van der Waals surface area contributed by atoms with Crippen LogP contribution in [0.3, 0.4) is 0 Å². The van der Waals surface area contributed by atoms with Crippen LogP contribution in [0.15, 0.2) is 6.33 Å². The summed E-state index contributed by atoms with van der Waals surface area (Å²) in [7, 11) is -4.55. The highest BCUT2D eigenvalue weighted by molar-refractivity contribution is 7.46. The third-order valence-electron chi connectivity index (χ3n) is 2.95. The van der Waals surface area contributed by atoms with Crippen LogP contribution >= 0.6 is 19.4 Å². The number of aromatic nitrogens is 4. The summed E-state index contributed by atoms with van der Waals surface area (Å²) in [6.07, 6.45) is 1.90. The van der Waals surface area contributed by atoms with Gasteiger partial charge < -0.3 is 25.2 Å². The van der Waals surface area contributed by atoms with E-state index >= 15 is 0 Å². The average Bonchev–Trinajstić information content (AvgIpc) is 2.81. The lowest BCUT2D eigenvalue weighted by Gasteiger charge is -2.15. The highest BCUT2D eigenvalue weighted by Crippen LogP contribution is 2.36. The van der Waals surface area contributed by atoms with Gasteiger partial charge >= 0.3 is 7.82 Å². The van der Waals surface area contributed by atoms with Crippen molar-refractivity contribution in [3.63, 3.8) is 0 Å². The van der Waals surface area contributed by atoms with Crippen molar-refractivity contribution in [2.75, 3.05) is 18.9 Å². The molecule has 2 aromatic rings. The molecule has 0 saturated carbocycles. The monoisotopic (exact) mass is 351 g/mol. The van der Waals surface area contributed by atoms with Gasteiger partial charge in [-0.25, -0.2) is 9.55 Å². The maximum Gasteiger partial charge on any atom is 0.469 e. The minimum Gasteiger partial charge on any atom is -0.396 e. The molecule has 22 heavy (non-hydrogen) atoms. The Morgan fingerprint density at radius 3 is 2.82 bits per heavy atom. The number of halogens is 1. The predicted octanol–water partition coefficient (Wildman–Crippen LogP) is 0.170. The van der Waals surface area contributed by atoms with Gasteiger partial charge in [0.2, 0.25) is 5.95 Å². The maximum atomic E-state index is 10.7. The molecule has 5 N–H and O–H groups in total. The SMILES string of the molecule is Nc1nc(Cl)c2ncn(CCC(CO)COP(=O)(O)O)c2n1. The van der Waals surface area contributed by atoms with Crippen molar-refractivity contribution in [3.8, 4) is 0 Å². The lowest BCUT2D eigenvalue weighted by molar-refractivity contribution is 0.122. The second kappa shape index (κ2) is 6.86. The van der Waals surface area contributed by atoms with Gasteiger partial charge in [0.25, 0.3) is 0 Å². The number of phosphoric ester groups is 1. The molecule has 0 bridgehead atoms. The van der Waals surface area contributed by atoms with Crippen LogP contribution in [0.2, 0.25) is 5.15 Å². The highest BCUT2D eigenvalue weighted by Gasteiger charge is 2.18. The lowest BCUT2D eigenvalue weighted by atomic mass is 10.1. The summed E-state index contributed by atoms with van der Waals surface area (Å²) >= 11 is 5.91. The Hall–Kier alpha value is -1.29. The molecule has 0 saturated heterocycles. The van der Waals surface area contributed by atoms with E-state index < -0.39 is 13.7 Å². The summed E-state index contributed by atoms with van der Waals surface area (Å²) in [6.45, 7) is -0.144. The Balaban J connectivity index is 2.06. The molecule has 0 aliphatic heterocycles. The molecule has 2 heterocycles. The summed E-state index contributed by atoms with van der Waals surface area (Å²) in [6, 6.07) is 0. The van der Waals surface area contributed by atoms with Gasteiger partial charge in [0.15, 0.2) is 10.8 Å². The van der Waals surface area contributed by atoms with E-state index in [1.54, 1.807) is 4.57 Å². The molecule has 0 aliphatic carbocycles. The molecule has 2 aromatic heterocycles. The van der Waals surface area contributed by atoms with Crippen LogP contribution in [0, 0.1) is 5.92 Å². The summed E-state index contributed by atoms with van der Waals surface area (Å²) in [4.78, 5) is 29.2. The summed E-state index contributed by atoms with van der Waals surface area (Å²) in [5.74, 6) is -0.428. The minimum absolute atomic E-state index is 0.0165. The molecular weight excluding hydrogens is 337 g/mol. The van der Waals surface area contributed by atoms with E-state index in [0.717, 1.165) is 0 Å². The first-order chi connectivity index (χ1) is 10.3. The molecule has 0 aromatic carbocycles. The first-order valence-electron chi connectivity index (χ1n) is 6.25. The Labute approximate surface area is 130 Å². The number of hydrogen-bond donors (Lipinski definition) is 4. The van der Waals surface area contributed by atoms with Gasteiger partial charge in [0.05, 0.1) is 12.9 Å². The molecule has 0 amide bonds. The topological polar surface area (TPSA) is 157 Å². The number of aryl methyl sites for hydroxylation is 1. The van der Waals surface area contributed by atoms with Crippen LogP contribution in [-0.2, 0) is 15.6 Å². The van der Waals surface area contributed by atoms with Gasteiger partial charge in [-0.05, 0) is 6.42 Å². The molecule has 1 atom stereocenters. The summed E-state index contributed by atoms with van der Waals surface area (Å²) in [5.41, 5.74) is 6.39. The number of anilines is 1. The standard InChI is InChI=1S/C10H15ClN5O5P/c11-8-7-9(15-10(12)14-8)16(5-13-7)2-1-6(3-17)4-21-22(18,19)20/h5-6,17H,1-4H2,(H2,12,14,15)(H2,18,19,20). The quantitative estimate of drug-likeness (QED) is 0.403. The van der Waals surface area contributed by atoms with Crippen LogP contribution in [0.1, 0.15) is 6.42 Å². The van der Waals surface area contributed by atoms with Crippen molar-refractivity contribution in [3.05, 3.63) is 11.5 Å². The zero-order valence-electron chi connectivity index (χ0n) is 11.3. The molecule has 2 rings (SSSR count). The van der Waals surface area contributed by atoms with Crippen molar-refractivity contribution in [2.24, 2.45) is 5.92 Å². The molecular formula is C10H15ClN5O5P. The number of nitrogen functional groups attached to an aromatic ring is 1. The molecule has 0 radical (unpaired) electrons. The normalized spacial score (nSPS) is 13.6. The van der Waals surface area contributed by atoms with Crippen molar-refractivity contribution in [2.45, 2.75) is 13.0 Å². The molecule has 1 unspecified atom stereocenters. The molecule has 12 heteroatoms. The Morgan fingerprint density at radius 2 is 2.18 bits per heavy atom. The molecule has 0 fully saturated rings. The fourth-order valence-electron chi connectivity index (χ4n) is 1.84. The maximum absolute atomic E-state index is 10.7. The van der Waals surface area contributed by atoms with Crippen LogP contribution < -0.4 is 5.73 Å². The largest absolute Gasteiger partial charge is 0.469 e. The number of phosphoric acid groups is 1. The van der Waals surface area contributed by atoms with E-state index in [2.05, 4.69) is 19.5 Å². The third-order valence-corrected chi connectivity index (χ3v) is 3.70. The van der Waals surface area contributed by atoms with E-state index in [0.29, 0.717) is 24.1 Å². The first-order valence-corrected chi connectivity index (χ1v) is 8.15. The van der Waals surface area contributed by atoms with Gasteiger partial charge in [-0.15, -0.1) is 0 Å². The smallest absolute Gasteiger partial charge is 0.396 e. The van der Waals surface area contributed by atoms with Crippen LogP contribution in [-0.4, -0.2) is 47.6 Å². The van der Waals surface area contributed by atoms with Crippen molar-refractivity contribution < 1.29 is 24.0 Å². The number of nitrogens with zero attached hydrogens (tertiary/aromatic N) is 4. The van der Waals surface area contributed by atoms with E-state index in [1.165, 1.54) is 6.33 Å². The van der Waals surface area contributed by atoms with E-state index in [-0.39, 0.29) is 24.3 Å². The summed E-state index contributed by atoms with van der Waals surface area (Å²) < 4.78 is 16.7. The Kier molecular flexibility index (Phi) is 5.32. The number of aliphatic hydroxyl groups is 1. The van der Waals surface area contributed by atoms with Crippen molar-refractivity contribution in [1.82, 2.24) is 19.5 Å². The van der Waals surface area contributed by atoms with Crippen molar-refractivity contribution >= 4 is 36.5 Å². The van der Waals surface area contributed by atoms with Gasteiger partial charge in [-0.3, -0.25) is 4.52 Å². The zero-order valence-corrected chi connectivity index (χ0v) is 13.0. The van der Waals surface area contributed by atoms with Gasteiger partial charge in [0.1, 0.15) is 5.52 Å². The highest BCUT2D eigenvalue weighted by atomic mass is 35.5. The number of aliphatic hydroxyl groups excluding tert-OH is 1. The van der Waals surface area contributed by atoms with Gasteiger partial charge in [-0.2, -0.15) is 9.97 Å². The first kappa shape index (κ1) is 17.1. The molecule has 10 nitrogen and oxygen atoms in total. The lowest BCUT2D eigenvalue weighted by Crippen LogP contribution is -2.16. The van der Waals surface area contributed by atoms with E-state index in [4.69, 9.17) is 27.1 Å². The minimum atomic E-state index is -4.55. The molecule has 122 valence electrons. The number of nitrogens with two attached hydrogens (primary N) is 1. The van der Waals surface area contributed by atoms with Crippen LogP contribution in [0.4, 0.5) is 5.95 Å². The van der Waals surface area contributed by atoms with Crippen LogP contribution in [0.25, 0.3) is 11.2 Å². The molecule has 0 spiro atoms. The van der Waals surface area contributed by atoms with E-state index in [1.807, 2.05) is 0 Å². The second-order valence-corrected chi connectivity index (χ2v) is 6.20. The fraction of sp³-hybridized carbons (Fsp3) is 0.500.